The highest BCUT2D eigenvalue weighted by molar-refractivity contribution is 5.93. The lowest BCUT2D eigenvalue weighted by Gasteiger charge is -2.39. The average molecular weight is 505 g/mol. The standard InChI is InChI=1S/C29H52N4O3/c1-19(2)25(18-23(8)28(35)32-16-13-22(7)14-17-32)31(9)29(36)26(20(3)4)30-27(34)24-12-10-11-15-33(24)21(5)6/h18-22,24-26H,10-17H2,1-9H3,(H,30,34)/b23-18+/t24-,25?,26?/m1/s1. The van der Waals surface area contributed by atoms with E-state index in [1.807, 2.05) is 31.7 Å². The first-order chi connectivity index (χ1) is 16.8. The normalized spacial score (nSPS) is 22.2. The number of hydrogen-bond acceptors (Lipinski definition) is 4. The van der Waals surface area contributed by atoms with Crippen molar-refractivity contribution in [3.63, 3.8) is 0 Å². The smallest absolute Gasteiger partial charge is 0.249 e. The average Bonchev–Trinajstić information content (AvgIpc) is 2.84. The first-order valence-corrected chi connectivity index (χ1v) is 14.2. The van der Waals surface area contributed by atoms with E-state index in [0.29, 0.717) is 11.5 Å². The van der Waals surface area contributed by atoms with E-state index in [1.54, 1.807) is 11.9 Å². The Bertz CT molecular complexity index is 783. The van der Waals surface area contributed by atoms with Crippen molar-refractivity contribution in [2.45, 2.75) is 112 Å². The second-order valence-electron chi connectivity index (χ2n) is 12.1. The van der Waals surface area contributed by atoms with Gasteiger partial charge in [-0.05, 0) is 70.8 Å². The molecule has 0 aliphatic carbocycles. The largest absolute Gasteiger partial charge is 0.343 e. The molecule has 0 aromatic rings. The fraction of sp³-hybridized carbons (Fsp3) is 0.828. The van der Waals surface area contributed by atoms with Crippen molar-refractivity contribution in [2.24, 2.45) is 17.8 Å². The lowest BCUT2D eigenvalue weighted by atomic mass is 9.95. The summed E-state index contributed by atoms with van der Waals surface area (Å²) >= 11 is 0. The van der Waals surface area contributed by atoms with Gasteiger partial charge in [0.25, 0.3) is 0 Å². The Morgan fingerprint density at radius 2 is 1.53 bits per heavy atom. The van der Waals surface area contributed by atoms with Crippen molar-refractivity contribution >= 4 is 17.7 Å². The van der Waals surface area contributed by atoms with Crippen LogP contribution in [-0.4, -0.2) is 83.3 Å². The van der Waals surface area contributed by atoms with Crippen molar-refractivity contribution in [1.29, 1.82) is 0 Å². The number of amides is 3. The molecule has 7 heteroatoms. The predicted octanol–water partition coefficient (Wildman–Crippen LogP) is 4.08. The number of nitrogens with one attached hydrogen (secondary N) is 1. The van der Waals surface area contributed by atoms with E-state index in [2.05, 4.69) is 44.8 Å². The van der Waals surface area contributed by atoms with Crippen LogP contribution in [0.2, 0.25) is 0 Å². The number of likely N-dealkylation sites (tertiary alicyclic amines) is 2. The van der Waals surface area contributed by atoms with E-state index < -0.39 is 6.04 Å². The van der Waals surface area contributed by atoms with E-state index in [-0.39, 0.29) is 47.7 Å². The minimum atomic E-state index is -0.604. The number of rotatable bonds is 9. The molecule has 0 radical (unpaired) electrons. The summed E-state index contributed by atoms with van der Waals surface area (Å²) in [7, 11) is 1.80. The van der Waals surface area contributed by atoms with E-state index >= 15 is 0 Å². The van der Waals surface area contributed by atoms with Gasteiger partial charge < -0.3 is 15.1 Å². The minimum absolute atomic E-state index is 0.0464. The van der Waals surface area contributed by atoms with Crippen molar-refractivity contribution in [3.05, 3.63) is 11.6 Å². The van der Waals surface area contributed by atoms with Gasteiger partial charge in [0.05, 0.1) is 12.1 Å². The van der Waals surface area contributed by atoms with Crippen molar-refractivity contribution in [2.75, 3.05) is 26.7 Å². The quantitative estimate of drug-likeness (QED) is 0.480. The highest BCUT2D eigenvalue weighted by Gasteiger charge is 2.36. The molecule has 2 fully saturated rings. The van der Waals surface area contributed by atoms with Crippen LogP contribution in [0, 0.1) is 17.8 Å². The first kappa shape index (κ1) is 30.3. The van der Waals surface area contributed by atoms with Crippen LogP contribution >= 0.6 is 0 Å². The molecule has 2 rings (SSSR count). The zero-order chi connectivity index (χ0) is 27.2. The van der Waals surface area contributed by atoms with Crippen molar-refractivity contribution < 1.29 is 14.4 Å². The molecule has 0 spiro atoms. The molecule has 2 saturated heterocycles. The Morgan fingerprint density at radius 1 is 0.917 bits per heavy atom. The third-order valence-corrected chi connectivity index (χ3v) is 8.05. The molecule has 0 saturated carbocycles. The van der Waals surface area contributed by atoms with Gasteiger partial charge in [-0.25, -0.2) is 0 Å². The summed E-state index contributed by atoms with van der Waals surface area (Å²) in [5.74, 6) is 0.651. The van der Waals surface area contributed by atoms with Crippen LogP contribution in [0.4, 0.5) is 0 Å². The van der Waals surface area contributed by atoms with Gasteiger partial charge in [-0.3, -0.25) is 19.3 Å². The lowest BCUT2D eigenvalue weighted by Crippen LogP contribution is -2.58. The fourth-order valence-electron chi connectivity index (χ4n) is 5.52. The van der Waals surface area contributed by atoms with Gasteiger partial charge in [0.2, 0.25) is 17.7 Å². The van der Waals surface area contributed by atoms with Crippen LogP contribution in [0.1, 0.15) is 87.5 Å². The maximum atomic E-state index is 13.7. The maximum absolute atomic E-state index is 13.7. The van der Waals surface area contributed by atoms with Gasteiger partial charge in [0.15, 0.2) is 0 Å². The summed E-state index contributed by atoms with van der Waals surface area (Å²) in [6, 6.07) is -0.736. The second kappa shape index (κ2) is 13.6. The zero-order valence-electron chi connectivity index (χ0n) is 24.3. The molecule has 2 unspecified atom stereocenters. The Labute approximate surface area is 220 Å². The van der Waals surface area contributed by atoms with Crippen LogP contribution in [-0.2, 0) is 14.4 Å². The Hall–Kier alpha value is -1.89. The van der Waals surface area contributed by atoms with Gasteiger partial charge in [-0.1, -0.05) is 47.1 Å². The molecule has 3 atom stereocenters. The van der Waals surface area contributed by atoms with Crippen LogP contribution in [0.15, 0.2) is 11.6 Å². The summed E-state index contributed by atoms with van der Waals surface area (Å²) in [6.45, 7) is 18.9. The molecule has 1 N–H and O–H groups in total. The predicted molar refractivity (Wildman–Crippen MR) is 146 cm³/mol. The minimum Gasteiger partial charge on any atom is -0.343 e. The summed E-state index contributed by atoms with van der Waals surface area (Å²) in [6.07, 6.45) is 6.99. The van der Waals surface area contributed by atoms with Crippen LogP contribution in [0.3, 0.4) is 0 Å². The fourth-order valence-corrected chi connectivity index (χ4v) is 5.52. The van der Waals surface area contributed by atoms with E-state index in [9.17, 15) is 14.4 Å². The zero-order valence-corrected chi connectivity index (χ0v) is 24.3. The third-order valence-electron chi connectivity index (χ3n) is 8.05. The van der Waals surface area contributed by atoms with E-state index in [1.165, 1.54) is 0 Å². The highest BCUT2D eigenvalue weighted by atomic mass is 16.2. The molecule has 2 heterocycles. The lowest BCUT2D eigenvalue weighted by molar-refractivity contribution is -0.140. The molecular formula is C29H52N4O3. The van der Waals surface area contributed by atoms with Crippen LogP contribution in [0.25, 0.3) is 0 Å². The Kier molecular flexibility index (Phi) is 11.5. The monoisotopic (exact) mass is 504 g/mol. The Balaban J connectivity index is 2.16. The number of hydrogen-bond donors (Lipinski definition) is 1. The Morgan fingerprint density at radius 3 is 2.06 bits per heavy atom. The third kappa shape index (κ3) is 7.80. The van der Waals surface area contributed by atoms with Gasteiger partial charge >= 0.3 is 0 Å². The number of carbonyl (C=O) groups is 3. The van der Waals surface area contributed by atoms with E-state index in [4.69, 9.17) is 0 Å². The molecule has 7 nitrogen and oxygen atoms in total. The molecule has 2 aliphatic rings. The van der Waals surface area contributed by atoms with Crippen molar-refractivity contribution in [3.8, 4) is 0 Å². The molecular weight excluding hydrogens is 452 g/mol. The molecule has 0 aromatic carbocycles. The summed E-state index contributed by atoms with van der Waals surface area (Å²) < 4.78 is 0. The number of likely N-dealkylation sites (N-methyl/N-ethyl adjacent to an activating group) is 1. The SMILES string of the molecule is C/C(=C\C(C(C)C)N(C)C(=O)C(NC(=O)[C@H]1CCCCN1C(C)C)C(C)C)C(=O)N1CCC(C)CC1. The highest BCUT2D eigenvalue weighted by Crippen LogP contribution is 2.22. The topological polar surface area (TPSA) is 73.0 Å². The molecule has 3 amide bonds. The van der Waals surface area contributed by atoms with Crippen LogP contribution < -0.4 is 5.32 Å². The van der Waals surface area contributed by atoms with Gasteiger partial charge in [0, 0.05) is 31.8 Å². The molecule has 0 bridgehead atoms. The maximum Gasteiger partial charge on any atom is 0.249 e. The number of nitrogens with zero attached hydrogens (tertiary/aromatic N) is 3. The number of piperidine rings is 2. The van der Waals surface area contributed by atoms with Crippen molar-refractivity contribution in [1.82, 2.24) is 20.0 Å². The van der Waals surface area contributed by atoms with Gasteiger partial charge in [-0.2, -0.15) is 0 Å². The summed E-state index contributed by atoms with van der Waals surface area (Å²) in [5, 5.41) is 3.11. The first-order valence-electron chi connectivity index (χ1n) is 14.2. The van der Waals surface area contributed by atoms with Gasteiger partial charge in [-0.15, -0.1) is 0 Å². The molecule has 206 valence electrons. The summed E-state index contributed by atoms with van der Waals surface area (Å²) in [5.41, 5.74) is 0.683. The van der Waals surface area contributed by atoms with E-state index in [0.717, 1.165) is 51.7 Å². The number of carbonyl (C=O) groups excluding carboxylic acids is 3. The molecule has 36 heavy (non-hydrogen) atoms. The van der Waals surface area contributed by atoms with Gasteiger partial charge in [0.1, 0.15) is 6.04 Å². The second-order valence-corrected chi connectivity index (χ2v) is 12.1. The van der Waals surface area contributed by atoms with Crippen LogP contribution in [0.5, 0.6) is 0 Å². The molecule has 0 aromatic heterocycles. The molecule has 2 aliphatic heterocycles. The summed E-state index contributed by atoms with van der Waals surface area (Å²) in [4.78, 5) is 46.1.